The Morgan fingerprint density at radius 1 is 0.900 bits per heavy atom. The molecule has 2 aromatic rings. The normalized spacial score (nSPS) is 12.3. The van der Waals surface area contributed by atoms with E-state index in [-0.39, 0.29) is 0 Å². The van der Waals surface area contributed by atoms with Crippen LogP contribution in [0.4, 0.5) is 0 Å². The third-order valence-corrected chi connectivity index (χ3v) is 4.67. The van der Waals surface area contributed by atoms with Gasteiger partial charge in [-0.15, -0.1) is 0 Å². The minimum absolute atomic E-state index is 1.14. The molecule has 0 N–H and O–H groups in total. The van der Waals surface area contributed by atoms with Crippen LogP contribution in [-0.2, 0) is 25.7 Å². The number of hydrogen-bond acceptors (Lipinski definition) is 0. The van der Waals surface area contributed by atoms with Crippen LogP contribution in [0.25, 0.3) is 11.1 Å². The van der Waals surface area contributed by atoms with Gasteiger partial charge in [-0.1, -0.05) is 57.5 Å². The van der Waals surface area contributed by atoms with Crippen molar-refractivity contribution < 1.29 is 0 Å². The molecule has 0 radical (unpaired) electrons. The molecule has 0 aromatic heterocycles. The molecule has 0 heteroatoms. The molecule has 0 atom stereocenters. The molecule has 2 aromatic carbocycles. The summed E-state index contributed by atoms with van der Waals surface area (Å²) in [7, 11) is 0. The van der Waals surface area contributed by atoms with Crippen molar-refractivity contribution in [3.05, 3.63) is 58.1 Å². The average Bonchev–Trinajstić information content (AvgIpc) is 2.85. The van der Waals surface area contributed by atoms with E-state index in [0.717, 1.165) is 12.8 Å². The summed E-state index contributed by atoms with van der Waals surface area (Å²) in [4.78, 5) is 0. The number of hydrogen-bond donors (Lipinski definition) is 0. The van der Waals surface area contributed by atoms with Crippen LogP contribution >= 0.6 is 0 Å². The Bertz CT molecular complexity index is 635. The van der Waals surface area contributed by atoms with Gasteiger partial charge in [-0.05, 0) is 64.6 Å². The molecule has 0 spiro atoms. The van der Waals surface area contributed by atoms with Gasteiger partial charge in [0.1, 0.15) is 0 Å². The molecule has 0 heterocycles. The Balaban J connectivity index is 2.25. The second kappa shape index (κ2) is 5.44. The van der Waals surface area contributed by atoms with Crippen LogP contribution in [0.15, 0.2) is 30.3 Å². The van der Waals surface area contributed by atoms with Crippen molar-refractivity contribution in [2.45, 2.75) is 52.9 Å². The van der Waals surface area contributed by atoms with Gasteiger partial charge in [-0.3, -0.25) is 0 Å². The molecule has 0 bridgehead atoms. The van der Waals surface area contributed by atoms with E-state index in [1.54, 1.807) is 22.3 Å². The van der Waals surface area contributed by atoms with Gasteiger partial charge in [0.2, 0.25) is 0 Å². The predicted octanol–water partition coefficient (Wildman–Crippen LogP) is 5.34. The molecular formula is C20H24. The van der Waals surface area contributed by atoms with E-state index >= 15 is 0 Å². The van der Waals surface area contributed by atoms with Crippen LogP contribution < -0.4 is 0 Å². The van der Waals surface area contributed by atoms with E-state index in [1.165, 1.54) is 36.0 Å². The highest BCUT2D eigenvalue weighted by atomic mass is 14.3. The second-order valence-electron chi connectivity index (χ2n) is 5.81. The molecule has 0 saturated carbocycles. The lowest BCUT2D eigenvalue weighted by Gasteiger charge is -2.18. The van der Waals surface area contributed by atoms with E-state index in [2.05, 4.69) is 51.1 Å². The third kappa shape index (κ3) is 1.98. The highest BCUT2D eigenvalue weighted by Gasteiger charge is 2.23. The van der Waals surface area contributed by atoms with Crippen LogP contribution in [0.3, 0.4) is 0 Å². The van der Waals surface area contributed by atoms with Crippen LogP contribution in [0.1, 0.15) is 55.0 Å². The fourth-order valence-electron chi connectivity index (χ4n) is 3.76. The zero-order valence-electron chi connectivity index (χ0n) is 12.9. The highest BCUT2D eigenvalue weighted by molar-refractivity contribution is 5.79. The lowest BCUT2D eigenvalue weighted by Crippen LogP contribution is -2.03. The van der Waals surface area contributed by atoms with Gasteiger partial charge in [-0.2, -0.15) is 0 Å². The standard InChI is InChI=1S/C20H24/c1-4-9-18-16(6-3)14(5-2)12-19-17-11-8-7-10-15(17)13-20(18)19/h7-8,10-12H,4-6,9,13H2,1-3H3. The molecule has 0 amide bonds. The summed E-state index contributed by atoms with van der Waals surface area (Å²) >= 11 is 0. The Kier molecular flexibility index (Phi) is 3.65. The largest absolute Gasteiger partial charge is 0.0651 e. The SMILES string of the molecule is CCCc1c(CC)c(CC)cc2c1Cc1ccccc1-2. The zero-order chi connectivity index (χ0) is 14.1. The van der Waals surface area contributed by atoms with Gasteiger partial charge >= 0.3 is 0 Å². The maximum absolute atomic E-state index is 2.47. The zero-order valence-corrected chi connectivity index (χ0v) is 12.9. The van der Waals surface area contributed by atoms with Crippen molar-refractivity contribution >= 4 is 0 Å². The van der Waals surface area contributed by atoms with Crippen LogP contribution in [0.2, 0.25) is 0 Å². The lowest BCUT2D eigenvalue weighted by molar-refractivity contribution is 0.874. The number of benzene rings is 2. The summed E-state index contributed by atoms with van der Waals surface area (Å²) in [6.45, 7) is 6.89. The molecule has 0 unspecified atom stereocenters. The molecule has 20 heavy (non-hydrogen) atoms. The quantitative estimate of drug-likeness (QED) is 0.597. The van der Waals surface area contributed by atoms with Gasteiger partial charge in [0.25, 0.3) is 0 Å². The number of rotatable bonds is 4. The minimum atomic E-state index is 1.14. The van der Waals surface area contributed by atoms with E-state index in [1.807, 2.05) is 0 Å². The maximum Gasteiger partial charge on any atom is -0.00106 e. The molecule has 1 aliphatic carbocycles. The van der Waals surface area contributed by atoms with E-state index in [0.29, 0.717) is 0 Å². The molecule has 3 rings (SSSR count). The first-order valence-electron chi connectivity index (χ1n) is 8.04. The Morgan fingerprint density at radius 3 is 2.40 bits per heavy atom. The van der Waals surface area contributed by atoms with Gasteiger partial charge in [0.05, 0.1) is 0 Å². The molecule has 0 saturated heterocycles. The Hall–Kier alpha value is -1.56. The number of aryl methyl sites for hydroxylation is 1. The van der Waals surface area contributed by atoms with Crippen LogP contribution in [0.5, 0.6) is 0 Å². The summed E-state index contributed by atoms with van der Waals surface area (Å²) in [6.07, 6.45) is 5.92. The second-order valence-corrected chi connectivity index (χ2v) is 5.81. The van der Waals surface area contributed by atoms with Gasteiger partial charge in [0.15, 0.2) is 0 Å². The van der Waals surface area contributed by atoms with Gasteiger partial charge < -0.3 is 0 Å². The van der Waals surface area contributed by atoms with Gasteiger partial charge in [-0.25, -0.2) is 0 Å². The Labute approximate surface area is 122 Å². The predicted molar refractivity (Wildman–Crippen MR) is 87.4 cm³/mol. The molecule has 0 aliphatic heterocycles. The maximum atomic E-state index is 2.47. The van der Waals surface area contributed by atoms with Crippen LogP contribution in [-0.4, -0.2) is 0 Å². The molecule has 0 nitrogen and oxygen atoms in total. The Morgan fingerprint density at radius 2 is 1.70 bits per heavy atom. The molecule has 0 fully saturated rings. The van der Waals surface area contributed by atoms with E-state index < -0.39 is 0 Å². The van der Waals surface area contributed by atoms with Crippen LogP contribution in [0, 0.1) is 0 Å². The first kappa shape index (κ1) is 13.4. The minimum Gasteiger partial charge on any atom is -0.0651 e. The van der Waals surface area contributed by atoms with Gasteiger partial charge in [0, 0.05) is 0 Å². The summed E-state index contributed by atoms with van der Waals surface area (Å²) in [6, 6.07) is 11.4. The van der Waals surface area contributed by atoms with E-state index in [4.69, 9.17) is 0 Å². The van der Waals surface area contributed by atoms with E-state index in [9.17, 15) is 0 Å². The molecule has 104 valence electrons. The summed E-state index contributed by atoms with van der Waals surface area (Å²) in [5.74, 6) is 0. The third-order valence-electron chi connectivity index (χ3n) is 4.67. The smallest absolute Gasteiger partial charge is 0.00106 e. The van der Waals surface area contributed by atoms with Crippen molar-refractivity contribution in [3.8, 4) is 11.1 Å². The average molecular weight is 264 g/mol. The molecular weight excluding hydrogens is 240 g/mol. The van der Waals surface area contributed by atoms with Crippen molar-refractivity contribution in [1.29, 1.82) is 0 Å². The number of fused-ring (bicyclic) bond motifs is 3. The lowest BCUT2D eigenvalue weighted by atomic mass is 9.87. The van der Waals surface area contributed by atoms with Crippen molar-refractivity contribution in [1.82, 2.24) is 0 Å². The summed E-state index contributed by atoms with van der Waals surface area (Å²) < 4.78 is 0. The highest BCUT2D eigenvalue weighted by Crippen LogP contribution is 2.41. The topological polar surface area (TPSA) is 0 Å². The van der Waals surface area contributed by atoms with Crippen molar-refractivity contribution in [2.24, 2.45) is 0 Å². The molecule has 1 aliphatic rings. The fourth-order valence-corrected chi connectivity index (χ4v) is 3.76. The monoisotopic (exact) mass is 264 g/mol. The first-order chi connectivity index (χ1) is 9.80. The van der Waals surface area contributed by atoms with Crippen molar-refractivity contribution in [3.63, 3.8) is 0 Å². The first-order valence-corrected chi connectivity index (χ1v) is 8.04. The summed E-state index contributed by atoms with van der Waals surface area (Å²) in [5.41, 5.74) is 10.9. The van der Waals surface area contributed by atoms with Crippen molar-refractivity contribution in [2.75, 3.05) is 0 Å². The summed E-state index contributed by atoms with van der Waals surface area (Å²) in [5, 5.41) is 0. The fraction of sp³-hybridized carbons (Fsp3) is 0.400.